The maximum Gasteiger partial charge on any atom is 0.0190 e. The van der Waals surface area contributed by atoms with Gasteiger partial charge in [-0.2, -0.15) is 0 Å². The molecule has 0 aromatic heterocycles. The summed E-state index contributed by atoms with van der Waals surface area (Å²) in [5.74, 6) is 0. The molecule has 0 aliphatic carbocycles. The maximum atomic E-state index is 5.59. The van der Waals surface area contributed by atoms with Crippen LogP contribution in [-0.4, -0.2) is 19.1 Å². The van der Waals surface area contributed by atoms with E-state index in [2.05, 4.69) is 24.4 Å². The SMILES string of the molecule is C/C=C/CCNC(CN)CCC. The average Bonchev–Trinajstić information content (AvgIpc) is 2.10. The summed E-state index contributed by atoms with van der Waals surface area (Å²) in [6.07, 6.45) is 7.76. The second-order valence-corrected chi connectivity index (χ2v) is 3.03. The lowest BCUT2D eigenvalue weighted by Crippen LogP contribution is -2.36. The number of allylic oxidation sites excluding steroid dienone is 1. The summed E-state index contributed by atoms with van der Waals surface area (Å²) in [5.41, 5.74) is 5.59. The highest BCUT2D eigenvalue weighted by molar-refractivity contribution is 4.78. The van der Waals surface area contributed by atoms with Crippen LogP contribution in [0.25, 0.3) is 0 Å². The first-order valence-corrected chi connectivity index (χ1v) is 4.89. The topological polar surface area (TPSA) is 38.0 Å². The van der Waals surface area contributed by atoms with Gasteiger partial charge in [0.25, 0.3) is 0 Å². The van der Waals surface area contributed by atoms with Gasteiger partial charge >= 0.3 is 0 Å². The number of nitrogens with one attached hydrogen (secondary N) is 1. The van der Waals surface area contributed by atoms with Crippen LogP contribution >= 0.6 is 0 Å². The van der Waals surface area contributed by atoms with Gasteiger partial charge in [-0.25, -0.2) is 0 Å². The quantitative estimate of drug-likeness (QED) is 0.450. The molecule has 0 saturated carbocycles. The zero-order valence-electron chi connectivity index (χ0n) is 8.34. The van der Waals surface area contributed by atoms with Crippen LogP contribution in [0.4, 0.5) is 0 Å². The van der Waals surface area contributed by atoms with E-state index in [1.807, 2.05) is 6.92 Å². The van der Waals surface area contributed by atoms with E-state index in [-0.39, 0.29) is 0 Å². The molecule has 0 aliphatic heterocycles. The molecule has 0 aliphatic rings. The molecular formula is C10H22N2. The minimum Gasteiger partial charge on any atom is -0.329 e. The first-order chi connectivity index (χ1) is 5.85. The van der Waals surface area contributed by atoms with Crippen molar-refractivity contribution in [2.75, 3.05) is 13.1 Å². The second-order valence-electron chi connectivity index (χ2n) is 3.03. The summed E-state index contributed by atoms with van der Waals surface area (Å²) in [6.45, 7) is 6.04. The van der Waals surface area contributed by atoms with Crippen LogP contribution in [0.3, 0.4) is 0 Å². The van der Waals surface area contributed by atoms with Crippen LogP contribution < -0.4 is 11.1 Å². The van der Waals surface area contributed by atoms with Gasteiger partial charge in [0, 0.05) is 12.6 Å². The fraction of sp³-hybridized carbons (Fsp3) is 0.800. The Kier molecular flexibility index (Phi) is 8.51. The molecule has 72 valence electrons. The Bertz CT molecular complexity index is 110. The van der Waals surface area contributed by atoms with Crippen molar-refractivity contribution in [3.05, 3.63) is 12.2 Å². The van der Waals surface area contributed by atoms with E-state index in [1.54, 1.807) is 0 Å². The molecule has 3 N–H and O–H groups in total. The summed E-state index contributed by atoms with van der Waals surface area (Å²) >= 11 is 0. The van der Waals surface area contributed by atoms with Gasteiger partial charge in [0.2, 0.25) is 0 Å². The van der Waals surface area contributed by atoms with Gasteiger partial charge in [-0.3, -0.25) is 0 Å². The molecule has 12 heavy (non-hydrogen) atoms. The van der Waals surface area contributed by atoms with Gasteiger partial charge in [-0.05, 0) is 26.3 Å². The zero-order valence-corrected chi connectivity index (χ0v) is 8.34. The Morgan fingerprint density at radius 3 is 2.75 bits per heavy atom. The average molecular weight is 170 g/mol. The molecule has 0 bridgehead atoms. The number of nitrogens with two attached hydrogens (primary N) is 1. The van der Waals surface area contributed by atoms with Gasteiger partial charge < -0.3 is 11.1 Å². The monoisotopic (exact) mass is 170 g/mol. The molecule has 0 saturated heterocycles. The molecular weight excluding hydrogens is 148 g/mol. The third kappa shape index (κ3) is 6.38. The summed E-state index contributed by atoms with van der Waals surface area (Å²) in [6, 6.07) is 0.514. The Morgan fingerprint density at radius 1 is 1.50 bits per heavy atom. The molecule has 0 spiro atoms. The number of hydrogen-bond acceptors (Lipinski definition) is 2. The minimum absolute atomic E-state index is 0.514. The van der Waals surface area contributed by atoms with Crippen molar-refractivity contribution in [1.82, 2.24) is 5.32 Å². The first kappa shape index (κ1) is 11.7. The second kappa shape index (κ2) is 8.75. The van der Waals surface area contributed by atoms with E-state index in [0.29, 0.717) is 6.04 Å². The third-order valence-corrected chi connectivity index (χ3v) is 1.90. The lowest BCUT2D eigenvalue weighted by atomic mass is 10.1. The summed E-state index contributed by atoms with van der Waals surface area (Å²) in [5, 5.41) is 3.43. The molecule has 1 atom stereocenters. The molecule has 1 unspecified atom stereocenters. The van der Waals surface area contributed by atoms with Crippen molar-refractivity contribution in [1.29, 1.82) is 0 Å². The highest BCUT2D eigenvalue weighted by Gasteiger charge is 2.01. The normalized spacial score (nSPS) is 13.9. The van der Waals surface area contributed by atoms with Crippen molar-refractivity contribution < 1.29 is 0 Å². The van der Waals surface area contributed by atoms with Gasteiger partial charge in [-0.15, -0.1) is 0 Å². The van der Waals surface area contributed by atoms with E-state index in [1.165, 1.54) is 12.8 Å². The van der Waals surface area contributed by atoms with Crippen LogP contribution in [0.2, 0.25) is 0 Å². The Labute approximate surface area is 76.2 Å². The fourth-order valence-corrected chi connectivity index (χ4v) is 1.19. The maximum absolute atomic E-state index is 5.59. The van der Waals surface area contributed by atoms with Crippen LogP contribution in [0, 0.1) is 0 Å². The summed E-state index contributed by atoms with van der Waals surface area (Å²) < 4.78 is 0. The van der Waals surface area contributed by atoms with Crippen LogP contribution in [-0.2, 0) is 0 Å². The van der Waals surface area contributed by atoms with Crippen LogP contribution in [0.5, 0.6) is 0 Å². The molecule has 0 aromatic carbocycles. The lowest BCUT2D eigenvalue weighted by Gasteiger charge is -2.14. The Hall–Kier alpha value is -0.340. The predicted octanol–water partition coefficient (Wildman–Crippen LogP) is 1.67. The lowest BCUT2D eigenvalue weighted by molar-refractivity contribution is 0.488. The van der Waals surface area contributed by atoms with Crippen molar-refractivity contribution in [3.63, 3.8) is 0 Å². The highest BCUT2D eigenvalue weighted by Crippen LogP contribution is 1.94. The third-order valence-electron chi connectivity index (χ3n) is 1.90. The van der Waals surface area contributed by atoms with E-state index in [9.17, 15) is 0 Å². The smallest absolute Gasteiger partial charge is 0.0190 e. The molecule has 0 aromatic rings. The largest absolute Gasteiger partial charge is 0.329 e. The molecule has 0 fully saturated rings. The highest BCUT2D eigenvalue weighted by atomic mass is 14.9. The van der Waals surface area contributed by atoms with Crippen molar-refractivity contribution >= 4 is 0 Å². The Morgan fingerprint density at radius 2 is 2.25 bits per heavy atom. The minimum atomic E-state index is 0.514. The Balaban J connectivity index is 3.31. The fourth-order valence-electron chi connectivity index (χ4n) is 1.19. The molecule has 2 nitrogen and oxygen atoms in total. The van der Waals surface area contributed by atoms with Crippen molar-refractivity contribution in [3.8, 4) is 0 Å². The predicted molar refractivity (Wildman–Crippen MR) is 55.2 cm³/mol. The van der Waals surface area contributed by atoms with Gasteiger partial charge in [0.05, 0.1) is 0 Å². The van der Waals surface area contributed by atoms with Crippen LogP contribution in [0.1, 0.15) is 33.1 Å². The van der Waals surface area contributed by atoms with E-state index < -0.39 is 0 Å². The number of rotatable bonds is 7. The van der Waals surface area contributed by atoms with E-state index in [0.717, 1.165) is 19.5 Å². The molecule has 0 rings (SSSR count). The molecule has 2 heteroatoms. The van der Waals surface area contributed by atoms with Crippen molar-refractivity contribution in [2.24, 2.45) is 5.73 Å². The van der Waals surface area contributed by atoms with Crippen molar-refractivity contribution in [2.45, 2.75) is 39.2 Å². The van der Waals surface area contributed by atoms with Gasteiger partial charge in [-0.1, -0.05) is 25.5 Å². The van der Waals surface area contributed by atoms with E-state index in [4.69, 9.17) is 5.73 Å². The summed E-state index contributed by atoms with van der Waals surface area (Å²) in [7, 11) is 0. The van der Waals surface area contributed by atoms with Gasteiger partial charge in [0.1, 0.15) is 0 Å². The van der Waals surface area contributed by atoms with Crippen LogP contribution in [0.15, 0.2) is 12.2 Å². The molecule has 0 heterocycles. The molecule has 0 amide bonds. The van der Waals surface area contributed by atoms with Gasteiger partial charge in [0.15, 0.2) is 0 Å². The first-order valence-electron chi connectivity index (χ1n) is 4.89. The number of hydrogen-bond donors (Lipinski definition) is 2. The molecule has 0 radical (unpaired) electrons. The zero-order chi connectivity index (χ0) is 9.23. The summed E-state index contributed by atoms with van der Waals surface area (Å²) in [4.78, 5) is 0. The van der Waals surface area contributed by atoms with E-state index >= 15 is 0 Å². The standard InChI is InChI=1S/C10H22N2/c1-3-5-6-8-12-10(9-11)7-4-2/h3,5,10,12H,4,6-9,11H2,1-2H3/b5-3+.